The molecule has 17 heteroatoms. The molecule has 0 aromatic heterocycles. The summed E-state index contributed by atoms with van der Waals surface area (Å²) in [5, 5.41) is 30.4. The number of phenolic OH excluding ortho intramolecular Hbond substituents is 1. The largest absolute Gasteiger partial charge is 0.505 e. The second kappa shape index (κ2) is 13.2. The van der Waals surface area contributed by atoms with Gasteiger partial charge in [0.25, 0.3) is 26.1 Å². The summed E-state index contributed by atoms with van der Waals surface area (Å²) >= 11 is 0. The zero-order valence-electron chi connectivity index (χ0n) is 25.1. The highest BCUT2D eigenvalue weighted by Gasteiger charge is 2.23. The smallest absolute Gasteiger partial charge is 0.296 e. The summed E-state index contributed by atoms with van der Waals surface area (Å²) in [7, 11) is -7.94. The van der Waals surface area contributed by atoms with Gasteiger partial charge < -0.3 is 20.9 Å². The Balaban J connectivity index is 1.47. The molecule has 0 unspecified atom stereocenters. The van der Waals surface area contributed by atoms with E-state index in [4.69, 9.17) is 15.0 Å². The van der Waals surface area contributed by atoms with Crippen LogP contribution in [0.1, 0.15) is 15.9 Å². The molecule has 0 spiro atoms. The van der Waals surface area contributed by atoms with Crippen molar-refractivity contribution in [1.82, 2.24) is 0 Å². The van der Waals surface area contributed by atoms with Gasteiger partial charge in [0.1, 0.15) is 22.0 Å². The van der Waals surface area contributed by atoms with Gasteiger partial charge in [-0.2, -0.15) is 27.1 Å². The molecule has 5 rings (SSSR count). The van der Waals surface area contributed by atoms with Crippen molar-refractivity contribution in [2.75, 3.05) is 18.2 Å². The second-order valence-corrected chi connectivity index (χ2v) is 13.1. The Hall–Kier alpha value is -5.75. The number of hydrogen-bond acceptors (Lipinski definition) is 12. The summed E-state index contributed by atoms with van der Waals surface area (Å²) in [5.41, 5.74) is 7.52. The van der Waals surface area contributed by atoms with Crippen molar-refractivity contribution in [3.05, 3.63) is 96.1 Å². The van der Waals surface area contributed by atoms with Crippen LogP contribution in [0.2, 0.25) is 0 Å². The van der Waals surface area contributed by atoms with E-state index in [9.17, 15) is 31.3 Å². The lowest BCUT2D eigenvalue weighted by Gasteiger charge is -2.12. The molecule has 0 bridgehead atoms. The van der Waals surface area contributed by atoms with E-state index in [1.54, 1.807) is 19.1 Å². The van der Waals surface area contributed by atoms with Crippen LogP contribution in [-0.4, -0.2) is 44.1 Å². The van der Waals surface area contributed by atoms with Crippen LogP contribution < -0.4 is 15.8 Å². The van der Waals surface area contributed by atoms with E-state index < -0.39 is 42.5 Å². The fourth-order valence-corrected chi connectivity index (χ4v) is 5.61. The number of carbonyl (C=O) groups excluding carboxylic acids is 1. The molecule has 0 radical (unpaired) electrons. The number of fused-ring (bicyclic) bond motifs is 1. The van der Waals surface area contributed by atoms with Crippen molar-refractivity contribution in [1.29, 1.82) is 0 Å². The number of hydrogen-bond donors (Lipinski definition) is 5. The summed E-state index contributed by atoms with van der Waals surface area (Å²) in [6, 6.07) is 19.7. The molecule has 5 aromatic carbocycles. The summed E-state index contributed by atoms with van der Waals surface area (Å²) in [5.74, 6) is -0.901. The molecule has 0 fully saturated rings. The Kier molecular flexibility index (Phi) is 9.22. The number of benzene rings is 5. The Morgan fingerprint density at radius 2 is 1.46 bits per heavy atom. The summed E-state index contributed by atoms with van der Waals surface area (Å²) in [6.07, 6.45) is 0. The van der Waals surface area contributed by atoms with E-state index in [2.05, 4.69) is 25.8 Å². The lowest BCUT2D eigenvalue weighted by Crippen LogP contribution is -2.11. The number of ether oxygens (including phenoxy) is 1. The van der Waals surface area contributed by atoms with Gasteiger partial charge in [0, 0.05) is 28.4 Å². The number of rotatable bonds is 9. The molecule has 0 saturated heterocycles. The zero-order chi connectivity index (χ0) is 34.8. The maximum Gasteiger partial charge on any atom is 0.296 e. The lowest BCUT2D eigenvalue weighted by atomic mass is 10.1. The number of carbonyl (C=O) groups is 1. The fourth-order valence-electron chi connectivity index (χ4n) is 4.47. The highest BCUT2D eigenvalue weighted by atomic mass is 32.2. The number of nitrogen functional groups attached to an aromatic ring is 1. The number of methoxy groups -OCH3 is 1. The van der Waals surface area contributed by atoms with Gasteiger partial charge in [-0.25, -0.2) is 0 Å². The van der Waals surface area contributed by atoms with E-state index in [1.165, 1.54) is 73.8 Å². The van der Waals surface area contributed by atoms with Crippen LogP contribution in [0.25, 0.3) is 10.8 Å². The van der Waals surface area contributed by atoms with Gasteiger partial charge in [-0.3, -0.25) is 13.9 Å². The average molecular weight is 691 g/mol. The van der Waals surface area contributed by atoms with Crippen molar-refractivity contribution < 1.29 is 40.6 Å². The minimum atomic E-state index is -4.93. The first-order valence-electron chi connectivity index (χ1n) is 13.7. The highest BCUT2D eigenvalue weighted by molar-refractivity contribution is 7.86. The average Bonchev–Trinajstić information content (AvgIpc) is 3.03. The van der Waals surface area contributed by atoms with Gasteiger partial charge in [-0.15, -0.1) is 10.2 Å². The first-order chi connectivity index (χ1) is 22.6. The van der Waals surface area contributed by atoms with Gasteiger partial charge >= 0.3 is 0 Å². The number of aryl methyl sites for hydroxylation is 1. The van der Waals surface area contributed by atoms with Gasteiger partial charge in [-0.05, 0) is 96.7 Å². The maximum absolute atomic E-state index is 12.7. The van der Waals surface area contributed by atoms with Gasteiger partial charge in [0.15, 0.2) is 5.75 Å². The third kappa shape index (κ3) is 7.45. The van der Waals surface area contributed by atoms with Crippen LogP contribution >= 0.6 is 0 Å². The van der Waals surface area contributed by atoms with E-state index in [0.29, 0.717) is 28.2 Å². The molecule has 246 valence electrons. The fraction of sp³-hybridized carbons (Fsp3) is 0.0645. The van der Waals surface area contributed by atoms with Crippen LogP contribution in [0.15, 0.2) is 115 Å². The molecule has 0 aliphatic carbocycles. The molecule has 0 aliphatic heterocycles. The second-order valence-electron chi connectivity index (χ2n) is 10.2. The number of azo groups is 2. The number of anilines is 2. The summed E-state index contributed by atoms with van der Waals surface area (Å²) < 4.78 is 71.8. The molecule has 15 nitrogen and oxygen atoms in total. The topological polar surface area (TPSA) is 243 Å². The molecule has 0 saturated carbocycles. The molecular weight excluding hydrogens is 665 g/mol. The number of aromatic hydroxyl groups is 1. The molecular formula is C31H26N6O9S2. The normalized spacial score (nSPS) is 12.2. The van der Waals surface area contributed by atoms with Crippen LogP contribution in [0.4, 0.5) is 34.1 Å². The van der Waals surface area contributed by atoms with Crippen molar-refractivity contribution >= 4 is 71.0 Å². The minimum absolute atomic E-state index is 0.118. The van der Waals surface area contributed by atoms with Gasteiger partial charge in [0.2, 0.25) is 0 Å². The first kappa shape index (κ1) is 33.6. The lowest BCUT2D eigenvalue weighted by molar-refractivity contribution is 0.102. The predicted molar refractivity (Wildman–Crippen MR) is 177 cm³/mol. The zero-order valence-corrected chi connectivity index (χ0v) is 26.7. The van der Waals surface area contributed by atoms with Crippen LogP contribution in [0, 0.1) is 6.92 Å². The van der Waals surface area contributed by atoms with Crippen LogP contribution in [-0.2, 0) is 20.2 Å². The third-order valence-electron chi connectivity index (χ3n) is 6.92. The number of nitrogens with two attached hydrogens (primary N) is 1. The number of amides is 1. The van der Waals surface area contributed by atoms with Crippen molar-refractivity contribution in [2.24, 2.45) is 20.5 Å². The van der Waals surface area contributed by atoms with Crippen molar-refractivity contribution in [2.45, 2.75) is 16.7 Å². The van der Waals surface area contributed by atoms with Crippen LogP contribution in [0.3, 0.4) is 0 Å². The van der Waals surface area contributed by atoms with E-state index in [1.807, 2.05) is 0 Å². The quantitative estimate of drug-likeness (QED) is 0.0601. The molecule has 0 heterocycles. The number of nitrogens with one attached hydrogen (secondary N) is 1. The number of phenols is 1. The predicted octanol–water partition coefficient (Wildman–Crippen LogP) is 7.02. The molecule has 0 atom stereocenters. The molecule has 6 N–H and O–H groups in total. The number of nitrogens with zero attached hydrogens (tertiary/aromatic N) is 4. The van der Waals surface area contributed by atoms with E-state index in [-0.39, 0.29) is 32.8 Å². The molecule has 0 aliphatic rings. The van der Waals surface area contributed by atoms with Crippen molar-refractivity contribution in [3.63, 3.8) is 0 Å². The highest BCUT2D eigenvalue weighted by Crippen LogP contribution is 2.43. The minimum Gasteiger partial charge on any atom is -0.505 e. The first-order valence-corrected chi connectivity index (χ1v) is 16.6. The maximum atomic E-state index is 12.7. The van der Waals surface area contributed by atoms with Gasteiger partial charge in [0.05, 0.1) is 23.4 Å². The van der Waals surface area contributed by atoms with Crippen molar-refractivity contribution in [3.8, 4) is 11.5 Å². The van der Waals surface area contributed by atoms with Crippen LogP contribution in [0.5, 0.6) is 11.5 Å². The molecule has 1 amide bonds. The standard InChI is InChI=1S/C31H26N6O9S2/c1-17-13-26(27(46-2)16-25(17)35-34-21-7-10-23(11-8-21)47(40,41)42)36-37-29-28(48(43,44)45)15-19-14-22(9-12-24(19)30(29)38)33-31(39)18-3-5-20(32)6-4-18/h3-16,38H,32H2,1-2H3,(H,33,39)(H,40,41,42)(H,43,44,45). The van der Waals surface area contributed by atoms with E-state index in [0.717, 1.165) is 6.07 Å². The van der Waals surface area contributed by atoms with Gasteiger partial charge in [-0.1, -0.05) is 0 Å². The summed E-state index contributed by atoms with van der Waals surface area (Å²) in [6.45, 7) is 1.68. The third-order valence-corrected chi connectivity index (χ3v) is 8.66. The Morgan fingerprint density at radius 1 is 0.792 bits per heavy atom. The monoisotopic (exact) mass is 690 g/mol. The summed E-state index contributed by atoms with van der Waals surface area (Å²) in [4.78, 5) is 11.6. The Morgan fingerprint density at radius 3 is 2.08 bits per heavy atom. The SMILES string of the molecule is COc1cc(N=Nc2ccc(S(=O)(=O)O)cc2)c(C)cc1N=Nc1c(S(=O)(=O)O)cc2cc(NC(=O)c3ccc(N)cc3)ccc2c1O. The Bertz CT molecular complexity index is 2340. The Labute approximate surface area is 273 Å². The van der Waals surface area contributed by atoms with E-state index >= 15 is 0 Å². The molecule has 48 heavy (non-hydrogen) atoms. The molecule has 5 aromatic rings.